The second-order valence-electron chi connectivity index (χ2n) is 5.36. The summed E-state index contributed by atoms with van der Waals surface area (Å²) >= 11 is 11.9. The summed E-state index contributed by atoms with van der Waals surface area (Å²) in [7, 11) is -2.20. The number of rotatable bonds is 8. The molecule has 0 saturated carbocycles. The lowest BCUT2D eigenvalue weighted by molar-refractivity contribution is 0.0949. The summed E-state index contributed by atoms with van der Waals surface area (Å²) in [5.74, 6) is -0.335. The first-order chi connectivity index (χ1) is 12.3. The first-order valence-corrected chi connectivity index (χ1v) is 9.92. The maximum atomic E-state index is 12.4. The molecule has 2 aromatic carbocycles. The van der Waals surface area contributed by atoms with Crippen LogP contribution in [0.2, 0.25) is 10.0 Å². The summed E-state index contributed by atoms with van der Waals surface area (Å²) in [6.45, 7) is 0.993. The van der Waals surface area contributed by atoms with Crippen molar-refractivity contribution < 1.29 is 17.9 Å². The summed E-state index contributed by atoms with van der Waals surface area (Å²) < 4.78 is 32.0. The van der Waals surface area contributed by atoms with Crippen LogP contribution in [0.25, 0.3) is 0 Å². The Morgan fingerprint density at radius 2 is 1.81 bits per heavy atom. The molecule has 0 fully saturated rings. The number of carbonyl (C=O) groups excluding carboxylic acids is 1. The highest BCUT2D eigenvalue weighted by Crippen LogP contribution is 2.24. The molecule has 0 atom stereocenters. The maximum Gasteiger partial charge on any atom is 0.261 e. The molecule has 140 valence electrons. The molecule has 0 heterocycles. The number of hydrogen-bond acceptors (Lipinski definition) is 4. The minimum absolute atomic E-state index is 0.0676. The van der Waals surface area contributed by atoms with E-state index in [9.17, 15) is 13.2 Å². The molecular formula is C17H18Cl2N2O4S. The number of methoxy groups -OCH3 is 1. The predicted molar refractivity (Wildman–Crippen MR) is 103 cm³/mol. The van der Waals surface area contributed by atoms with Crippen molar-refractivity contribution in [1.29, 1.82) is 0 Å². The monoisotopic (exact) mass is 416 g/mol. The SMILES string of the molecule is COCCCNC(=O)c1ccc(NS(=O)(=O)c2ccc(Cl)cc2)cc1Cl. The molecule has 26 heavy (non-hydrogen) atoms. The molecule has 0 aromatic heterocycles. The Bertz CT molecular complexity index is 871. The number of carbonyl (C=O) groups is 1. The zero-order chi connectivity index (χ0) is 19.2. The number of benzene rings is 2. The van der Waals surface area contributed by atoms with Crippen LogP contribution in [0.15, 0.2) is 47.4 Å². The number of sulfonamides is 1. The lowest BCUT2D eigenvalue weighted by Gasteiger charge is -2.11. The zero-order valence-electron chi connectivity index (χ0n) is 14.0. The molecule has 2 N–H and O–H groups in total. The molecule has 1 amide bonds. The first-order valence-electron chi connectivity index (χ1n) is 7.68. The lowest BCUT2D eigenvalue weighted by atomic mass is 10.2. The topological polar surface area (TPSA) is 84.5 Å². The van der Waals surface area contributed by atoms with E-state index in [1.54, 1.807) is 7.11 Å². The molecule has 0 aliphatic heterocycles. The Morgan fingerprint density at radius 3 is 2.42 bits per heavy atom. The van der Waals surface area contributed by atoms with Gasteiger partial charge in [-0.2, -0.15) is 0 Å². The highest BCUT2D eigenvalue weighted by atomic mass is 35.5. The van der Waals surface area contributed by atoms with Crippen molar-refractivity contribution in [3.05, 3.63) is 58.1 Å². The molecule has 0 bridgehead atoms. The molecule has 0 saturated heterocycles. The van der Waals surface area contributed by atoms with Crippen LogP contribution >= 0.6 is 23.2 Å². The minimum Gasteiger partial charge on any atom is -0.385 e. The average molecular weight is 417 g/mol. The van der Waals surface area contributed by atoms with Crippen LogP contribution in [0, 0.1) is 0 Å². The minimum atomic E-state index is -3.78. The first kappa shape index (κ1) is 20.5. The van der Waals surface area contributed by atoms with E-state index >= 15 is 0 Å². The highest BCUT2D eigenvalue weighted by Gasteiger charge is 2.16. The molecule has 0 unspecified atom stereocenters. The van der Waals surface area contributed by atoms with E-state index in [1.807, 2.05) is 0 Å². The third-order valence-corrected chi connectivity index (χ3v) is 5.36. The number of ether oxygens (including phenoxy) is 1. The van der Waals surface area contributed by atoms with Gasteiger partial charge >= 0.3 is 0 Å². The van der Waals surface area contributed by atoms with Gasteiger partial charge in [0.05, 0.1) is 21.2 Å². The Balaban J connectivity index is 2.09. The van der Waals surface area contributed by atoms with Gasteiger partial charge in [-0.15, -0.1) is 0 Å². The quantitative estimate of drug-likeness (QED) is 0.644. The summed E-state index contributed by atoms with van der Waals surface area (Å²) in [6.07, 6.45) is 0.679. The fourth-order valence-corrected chi connectivity index (χ4v) is 3.55. The zero-order valence-corrected chi connectivity index (χ0v) is 16.3. The van der Waals surface area contributed by atoms with Gasteiger partial charge in [0.15, 0.2) is 0 Å². The van der Waals surface area contributed by atoms with Crippen molar-refractivity contribution in [2.45, 2.75) is 11.3 Å². The van der Waals surface area contributed by atoms with Crippen molar-refractivity contribution in [2.75, 3.05) is 25.0 Å². The van der Waals surface area contributed by atoms with Crippen molar-refractivity contribution in [3.63, 3.8) is 0 Å². The van der Waals surface area contributed by atoms with Crippen LogP contribution in [0.1, 0.15) is 16.8 Å². The van der Waals surface area contributed by atoms with Crippen LogP contribution in [0.3, 0.4) is 0 Å². The Labute approximate surface area is 162 Å². The van der Waals surface area contributed by atoms with Crippen LogP contribution in [-0.4, -0.2) is 34.6 Å². The predicted octanol–water partition coefficient (Wildman–Crippen LogP) is 3.56. The van der Waals surface area contributed by atoms with E-state index in [4.69, 9.17) is 27.9 Å². The van der Waals surface area contributed by atoms with Crippen LogP contribution in [-0.2, 0) is 14.8 Å². The molecular weight excluding hydrogens is 399 g/mol. The molecule has 2 rings (SSSR count). The summed E-state index contributed by atoms with van der Waals surface area (Å²) in [5.41, 5.74) is 0.513. The smallest absolute Gasteiger partial charge is 0.261 e. The summed E-state index contributed by atoms with van der Waals surface area (Å²) in [5, 5.41) is 3.30. The van der Waals surface area contributed by atoms with E-state index in [0.29, 0.717) is 24.6 Å². The number of hydrogen-bond donors (Lipinski definition) is 2. The lowest BCUT2D eigenvalue weighted by Crippen LogP contribution is -2.25. The van der Waals surface area contributed by atoms with E-state index in [-0.39, 0.29) is 27.1 Å². The summed E-state index contributed by atoms with van der Waals surface area (Å²) in [4.78, 5) is 12.2. The molecule has 0 aliphatic carbocycles. The second kappa shape index (κ2) is 9.23. The van der Waals surface area contributed by atoms with Gasteiger partial charge < -0.3 is 10.1 Å². The van der Waals surface area contributed by atoms with Crippen LogP contribution < -0.4 is 10.0 Å². The number of anilines is 1. The highest BCUT2D eigenvalue weighted by molar-refractivity contribution is 7.92. The molecule has 0 spiro atoms. The third-order valence-electron chi connectivity index (χ3n) is 3.40. The van der Waals surface area contributed by atoms with Gasteiger partial charge in [-0.05, 0) is 48.9 Å². The number of amides is 1. The van der Waals surface area contributed by atoms with Gasteiger partial charge in [-0.1, -0.05) is 23.2 Å². The van der Waals surface area contributed by atoms with Gasteiger partial charge in [0.25, 0.3) is 15.9 Å². The Morgan fingerprint density at radius 1 is 1.12 bits per heavy atom. The molecule has 6 nitrogen and oxygen atoms in total. The fraction of sp³-hybridized carbons (Fsp3) is 0.235. The van der Waals surface area contributed by atoms with Gasteiger partial charge in [-0.25, -0.2) is 8.42 Å². The number of nitrogens with one attached hydrogen (secondary N) is 2. The largest absolute Gasteiger partial charge is 0.385 e. The average Bonchev–Trinajstić information content (AvgIpc) is 2.58. The molecule has 0 radical (unpaired) electrons. The van der Waals surface area contributed by atoms with Crippen LogP contribution in [0.4, 0.5) is 5.69 Å². The van der Waals surface area contributed by atoms with Crippen LogP contribution in [0.5, 0.6) is 0 Å². The van der Waals surface area contributed by atoms with E-state index in [2.05, 4.69) is 10.0 Å². The van der Waals surface area contributed by atoms with Gasteiger partial charge in [0.2, 0.25) is 0 Å². The van der Waals surface area contributed by atoms with E-state index in [1.165, 1.54) is 42.5 Å². The summed E-state index contributed by atoms with van der Waals surface area (Å²) in [6, 6.07) is 10.1. The van der Waals surface area contributed by atoms with Gasteiger partial charge in [0.1, 0.15) is 0 Å². The van der Waals surface area contributed by atoms with E-state index in [0.717, 1.165) is 0 Å². The van der Waals surface area contributed by atoms with Gasteiger partial charge in [-0.3, -0.25) is 9.52 Å². The molecule has 2 aromatic rings. The standard InChI is InChI=1S/C17H18Cl2N2O4S/c1-25-10-2-9-20-17(22)15-8-5-13(11-16(15)19)21-26(23,24)14-6-3-12(18)4-7-14/h3-8,11,21H,2,9-10H2,1H3,(H,20,22). The Hall–Kier alpha value is -1.80. The second-order valence-corrected chi connectivity index (χ2v) is 7.88. The third kappa shape index (κ3) is 5.60. The van der Waals surface area contributed by atoms with Crippen molar-refractivity contribution in [2.24, 2.45) is 0 Å². The van der Waals surface area contributed by atoms with E-state index < -0.39 is 10.0 Å². The van der Waals surface area contributed by atoms with Crippen molar-refractivity contribution >= 4 is 44.8 Å². The Kier molecular flexibility index (Phi) is 7.28. The fourth-order valence-electron chi connectivity index (χ4n) is 2.10. The van der Waals surface area contributed by atoms with Crippen molar-refractivity contribution in [3.8, 4) is 0 Å². The number of halogens is 2. The molecule has 9 heteroatoms. The normalized spacial score (nSPS) is 11.2. The molecule has 0 aliphatic rings. The van der Waals surface area contributed by atoms with Gasteiger partial charge in [0, 0.05) is 25.3 Å². The maximum absolute atomic E-state index is 12.4. The van der Waals surface area contributed by atoms with Crippen molar-refractivity contribution in [1.82, 2.24) is 5.32 Å².